The first-order chi connectivity index (χ1) is 5.74. The molecule has 1 atom stereocenters. The lowest BCUT2D eigenvalue weighted by Gasteiger charge is -2.07. The molecule has 1 aromatic heterocycles. The fourth-order valence-electron chi connectivity index (χ4n) is 1.13. The molecule has 1 aromatic rings. The van der Waals surface area contributed by atoms with E-state index >= 15 is 0 Å². The van der Waals surface area contributed by atoms with Crippen molar-refractivity contribution < 1.29 is 0 Å². The molecule has 66 valence electrons. The van der Waals surface area contributed by atoms with Gasteiger partial charge in [0.1, 0.15) is 5.82 Å². The average molecular weight is 165 g/mol. The second kappa shape index (κ2) is 4.07. The molecule has 0 bridgehead atoms. The van der Waals surface area contributed by atoms with Crippen LogP contribution in [0, 0.1) is 0 Å². The van der Waals surface area contributed by atoms with Gasteiger partial charge in [0, 0.05) is 31.9 Å². The van der Waals surface area contributed by atoms with Crippen LogP contribution in [0.1, 0.15) is 12.2 Å². The highest BCUT2D eigenvalue weighted by Crippen LogP contribution is 2.00. The molecule has 0 fully saturated rings. The Kier molecular flexibility index (Phi) is 3.05. The summed E-state index contributed by atoms with van der Waals surface area (Å²) in [5.74, 6) is 1.03. The number of hydrogen-bond acceptors (Lipinski definition) is 2. The van der Waals surface area contributed by atoms with E-state index in [-0.39, 0.29) is 6.04 Å². The lowest BCUT2D eigenvalue weighted by molar-refractivity contribution is 0.633. The van der Waals surface area contributed by atoms with Gasteiger partial charge in [0.05, 0.1) is 0 Å². The van der Waals surface area contributed by atoms with Crippen LogP contribution in [0.2, 0.25) is 0 Å². The first-order valence-electron chi connectivity index (χ1n) is 4.06. The monoisotopic (exact) mass is 165 g/mol. The molecule has 0 saturated heterocycles. The highest BCUT2D eigenvalue weighted by molar-refractivity contribution is 4.95. The van der Waals surface area contributed by atoms with E-state index in [0.717, 1.165) is 18.7 Å². The zero-order valence-corrected chi connectivity index (χ0v) is 7.40. The summed E-state index contributed by atoms with van der Waals surface area (Å²) >= 11 is 0. The fraction of sp³-hybridized carbons (Fsp3) is 0.444. The van der Waals surface area contributed by atoms with Crippen LogP contribution in [0.5, 0.6) is 0 Å². The topological polar surface area (TPSA) is 43.8 Å². The molecule has 2 N–H and O–H groups in total. The Hall–Kier alpha value is -1.09. The first kappa shape index (κ1) is 9.00. The van der Waals surface area contributed by atoms with Crippen LogP contribution in [-0.4, -0.2) is 15.6 Å². The minimum atomic E-state index is 0.142. The third-order valence-electron chi connectivity index (χ3n) is 1.84. The van der Waals surface area contributed by atoms with Gasteiger partial charge in [-0.05, 0) is 6.42 Å². The molecule has 0 amide bonds. The molecule has 0 aromatic carbocycles. The van der Waals surface area contributed by atoms with Gasteiger partial charge in [0.15, 0.2) is 0 Å². The number of imidazole rings is 1. The van der Waals surface area contributed by atoms with Crippen LogP contribution < -0.4 is 5.73 Å². The smallest absolute Gasteiger partial charge is 0.109 e. The first-order valence-corrected chi connectivity index (χ1v) is 4.06. The lowest BCUT2D eigenvalue weighted by Crippen LogP contribution is -2.23. The fourth-order valence-corrected chi connectivity index (χ4v) is 1.13. The highest BCUT2D eigenvalue weighted by atomic mass is 15.0. The van der Waals surface area contributed by atoms with Crippen molar-refractivity contribution in [1.82, 2.24) is 9.55 Å². The van der Waals surface area contributed by atoms with Gasteiger partial charge < -0.3 is 10.3 Å². The zero-order valence-electron chi connectivity index (χ0n) is 7.40. The summed E-state index contributed by atoms with van der Waals surface area (Å²) in [5, 5.41) is 0. The molecule has 0 aliphatic carbocycles. The predicted molar refractivity (Wildman–Crippen MR) is 49.7 cm³/mol. The Labute approximate surface area is 72.9 Å². The molecular formula is C9H15N3. The Morgan fingerprint density at radius 2 is 2.58 bits per heavy atom. The third kappa shape index (κ3) is 2.20. The van der Waals surface area contributed by atoms with Gasteiger partial charge in [-0.1, -0.05) is 6.08 Å². The Morgan fingerprint density at radius 1 is 1.83 bits per heavy atom. The standard InChI is InChI=1S/C9H15N3/c1-3-4-8(10)7-9-11-5-6-12(9)2/h3,5-6,8H,1,4,7,10H2,2H3. The van der Waals surface area contributed by atoms with Crippen LogP contribution in [0.3, 0.4) is 0 Å². The van der Waals surface area contributed by atoms with Crippen molar-refractivity contribution in [2.45, 2.75) is 18.9 Å². The maximum Gasteiger partial charge on any atom is 0.109 e. The summed E-state index contributed by atoms with van der Waals surface area (Å²) in [6.45, 7) is 3.65. The number of rotatable bonds is 4. The van der Waals surface area contributed by atoms with Crippen molar-refractivity contribution >= 4 is 0 Å². The molecule has 0 saturated carbocycles. The lowest BCUT2D eigenvalue weighted by atomic mass is 10.1. The minimum Gasteiger partial charge on any atom is -0.338 e. The summed E-state index contributed by atoms with van der Waals surface area (Å²) in [6.07, 6.45) is 7.21. The molecule has 0 spiro atoms. The summed E-state index contributed by atoms with van der Waals surface area (Å²) in [7, 11) is 1.98. The molecule has 0 radical (unpaired) electrons. The van der Waals surface area contributed by atoms with Gasteiger partial charge in [-0.2, -0.15) is 0 Å². The van der Waals surface area contributed by atoms with Crippen molar-refractivity contribution in [3.05, 3.63) is 30.9 Å². The van der Waals surface area contributed by atoms with E-state index < -0.39 is 0 Å². The maximum absolute atomic E-state index is 5.82. The van der Waals surface area contributed by atoms with Crippen molar-refractivity contribution in [3.8, 4) is 0 Å². The SMILES string of the molecule is C=CCC(N)Cc1nccn1C. The number of nitrogens with two attached hydrogens (primary N) is 1. The Bertz CT molecular complexity index is 252. The molecule has 12 heavy (non-hydrogen) atoms. The van der Waals surface area contributed by atoms with Crippen LogP contribution in [0.15, 0.2) is 25.0 Å². The van der Waals surface area contributed by atoms with Crippen molar-refractivity contribution in [3.63, 3.8) is 0 Å². The van der Waals surface area contributed by atoms with Crippen LogP contribution >= 0.6 is 0 Å². The van der Waals surface area contributed by atoms with E-state index in [0.29, 0.717) is 0 Å². The van der Waals surface area contributed by atoms with Crippen LogP contribution in [0.4, 0.5) is 0 Å². The maximum atomic E-state index is 5.82. The molecule has 0 aliphatic heterocycles. The summed E-state index contributed by atoms with van der Waals surface area (Å²) in [6, 6.07) is 0.142. The van der Waals surface area contributed by atoms with E-state index in [1.165, 1.54) is 0 Å². The van der Waals surface area contributed by atoms with E-state index in [9.17, 15) is 0 Å². The molecule has 0 aliphatic rings. The van der Waals surface area contributed by atoms with Crippen molar-refractivity contribution in [2.75, 3.05) is 0 Å². The van der Waals surface area contributed by atoms with Crippen LogP contribution in [0.25, 0.3) is 0 Å². The number of nitrogens with zero attached hydrogens (tertiary/aromatic N) is 2. The zero-order chi connectivity index (χ0) is 8.97. The number of aromatic nitrogens is 2. The predicted octanol–water partition coefficient (Wildman–Crippen LogP) is 0.866. The Morgan fingerprint density at radius 3 is 3.08 bits per heavy atom. The molecule has 3 nitrogen and oxygen atoms in total. The quantitative estimate of drug-likeness (QED) is 0.673. The van der Waals surface area contributed by atoms with Gasteiger partial charge in [0.2, 0.25) is 0 Å². The molecule has 1 unspecified atom stereocenters. The normalized spacial score (nSPS) is 12.8. The van der Waals surface area contributed by atoms with Gasteiger partial charge in [0.25, 0.3) is 0 Å². The summed E-state index contributed by atoms with van der Waals surface area (Å²) in [5.41, 5.74) is 5.82. The Balaban J connectivity index is 2.51. The summed E-state index contributed by atoms with van der Waals surface area (Å²) < 4.78 is 1.99. The van der Waals surface area contributed by atoms with Gasteiger partial charge >= 0.3 is 0 Å². The second-order valence-electron chi connectivity index (χ2n) is 2.94. The molecular weight excluding hydrogens is 150 g/mol. The van der Waals surface area contributed by atoms with Crippen molar-refractivity contribution in [2.24, 2.45) is 12.8 Å². The van der Waals surface area contributed by atoms with E-state index in [1.807, 2.05) is 23.9 Å². The third-order valence-corrected chi connectivity index (χ3v) is 1.84. The van der Waals surface area contributed by atoms with Gasteiger partial charge in [-0.25, -0.2) is 4.98 Å². The highest BCUT2D eigenvalue weighted by Gasteiger charge is 2.04. The van der Waals surface area contributed by atoms with Gasteiger partial charge in [-0.15, -0.1) is 6.58 Å². The van der Waals surface area contributed by atoms with E-state index in [4.69, 9.17) is 5.73 Å². The van der Waals surface area contributed by atoms with Crippen LogP contribution in [-0.2, 0) is 13.5 Å². The molecule has 3 heteroatoms. The van der Waals surface area contributed by atoms with Gasteiger partial charge in [-0.3, -0.25) is 0 Å². The second-order valence-corrected chi connectivity index (χ2v) is 2.94. The molecule has 1 heterocycles. The summed E-state index contributed by atoms with van der Waals surface area (Å²) in [4.78, 5) is 4.19. The van der Waals surface area contributed by atoms with E-state index in [1.54, 1.807) is 6.20 Å². The minimum absolute atomic E-state index is 0.142. The van der Waals surface area contributed by atoms with Crippen molar-refractivity contribution in [1.29, 1.82) is 0 Å². The van der Waals surface area contributed by atoms with E-state index in [2.05, 4.69) is 11.6 Å². The number of hydrogen-bond donors (Lipinski definition) is 1. The average Bonchev–Trinajstić information content (AvgIpc) is 2.37. The molecule has 1 rings (SSSR count). The number of aryl methyl sites for hydroxylation is 1. The largest absolute Gasteiger partial charge is 0.338 e.